The van der Waals surface area contributed by atoms with Gasteiger partial charge in [-0.2, -0.15) is 0 Å². The van der Waals surface area contributed by atoms with E-state index in [2.05, 4.69) is 15.9 Å². The molecule has 0 bridgehead atoms. The summed E-state index contributed by atoms with van der Waals surface area (Å²) in [6.07, 6.45) is 0.0475. The molecule has 3 N–H and O–H groups in total. The summed E-state index contributed by atoms with van der Waals surface area (Å²) in [7, 11) is 0. The molecule has 0 heterocycles. The average Bonchev–Trinajstić information content (AvgIpc) is 1.87. The lowest BCUT2D eigenvalue weighted by Crippen LogP contribution is -2.18. The molecule has 0 aliphatic rings. The fourth-order valence-corrected chi connectivity index (χ4v) is 0.697. The highest BCUT2D eigenvalue weighted by molar-refractivity contribution is 9.09. The number of carboxylic acid groups (broad SMARTS) is 1. The second-order valence-electron chi connectivity index (χ2n) is 1.77. The van der Waals surface area contributed by atoms with Crippen molar-refractivity contribution in [3.8, 4) is 0 Å². The lowest BCUT2D eigenvalue weighted by atomic mass is 10.2. The fourth-order valence-electron chi connectivity index (χ4n) is 0.373. The summed E-state index contributed by atoms with van der Waals surface area (Å²) in [5, 5.41) is 23.5. The van der Waals surface area contributed by atoms with E-state index in [9.17, 15) is 4.79 Å². The summed E-state index contributed by atoms with van der Waals surface area (Å²) in [4.78, 5) is 9.70. The van der Waals surface area contributed by atoms with Gasteiger partial charge in [0.25, 0.3) is 0 Å². The molecule has 1 unspecified atom stereocenters. The van der Waals surface area contributed by atoms with Gasteiger partial charge in [0.2, 0.25) is 0 Å². The zero-order valence-corrected chi connectivity index (χ0v) is 6.76. The maximum absolute atomic E-state index is 10.0. The normalized spacial score (nSPS) is 12.6. The quantitative estimate of drug-likeness (QED) is 0.459. The number of hydrogen-bond acceptors (Lipinski definition) is 3. The number of rotatable bonds is 4. The minimum absolute atomic E-state index is 0.0475. The molecule has 0 aliphatic carbocycles. The Morgan fingerprint density at radius 1 is 1.70 bits per heavy atom. The maximum atomic E-state index is 10.0. The van der Waals surface area contributed by atoms with Crippen LogP contribution in [0.4, 0.5) is 0 Å². The van der Waals surface area contributed by atoms with Crippen molar-refractivity contribution < 1.29 is 15.0 Å². The third kappa shape index (κ3) is 3.58. The largest absolute Gasteiger partial charge is 0.477 e. The van der Waals surface area contributed by atoms with Crippen molar-refractivity contribution in [1.29, 1.82) is 5.41 Å². The van der Waals surface area contributed by atoms with Crippen LogP contribution in [-0.2, 0) is 4.79 Å². The summed E-state index contributed by atoms with van der Waals surface area (Å²) in [5.74, 6) is -1.24. The molecule has 0 aliphatic heterocycles. The fraction of sp³-hybridized carbons (Fsp3) is 0.600. The number of carbonyl (C=O) groups is 1. The number of nitrogens with one attached hydrogen (secondary N) is 1. The van der Waals surface area contributed by atoms with Gasteiger partial charge in [0.05, 0.1) is 6.61 Å². The molecule has 1 atom stereocenters. The molecule has 0 rings (SSSR count). The molecule has 0 spiro atoms. The van der Waals surface area contributed by atoms with Crippen molar-refractivity contribution in [2.45, 2.75) is 11.2 Å². The smallest absolute Gasteiger partial charge is 0.349 e. The van der Waals surface area contributed by atoms with Gasteiger partial charge < -0.3 is 10.2 Å². The molecular weight excluding hydrogens is 202 g/mol. The summed E-state index contributed by atoms with van der Waals surface area (Å²) < 4.78 is 0. The van der Waals surface area contributed by atoms with E-state index < -0.39 is 11.7 Å². The van der Waals surface area contributed by atoms with Crippen molar-refractivity contribution in [1.82, 2.24) is 0 Å². The zero-order valence-electron chi connectivity index (χ0n) is 5.17. The van der Waals surface area contributed by atoms with E-state index in [1.54, 1.807) is 0 Å². The van der Waals surface area contributed by atoms with Gasteiger partial charge in [-0.1, -0.05) is 15.9 Å². The van der Waals surface area contributed by atoms with Gasteiger partial charge in [-0.3, -0.25) is 5.41 Å². The van der Waals surface area contributed by atoms with Crippen LogP contribution in [0.5, 0.6) is 0 Å². The van der Waals surface area contributed by atoms with E-state index in [1.165, 1.54) is 0 Å². The Balaban J connectivity index is 3.68. The highest BCUT2D eigenvalue weighted by Gasteiger charge is 2.11. The Morgan fingerprint density at radius 2 is 2.20 bits per heavy atom. The van der Waals surface area contributed by atoms with Crippen molar-refractivity contribution >= 4 is 27.6 Å². The third-order valence-corrected chi connectivity index (χ3v) is 1.50. The van der Waals surface area contributed by atoms with E-state index >= 15 is 0 Å². The molecule has 0 aromatic heterocycles. The topological polar surface area (TPSA) is 81.4 Å². The first kappa shape index (κ1) is 9.58. The van der Waals surface area contributed by atoms with Gasteiger partial charge in [0, 0.05) is 11.2 Å². The summed E-state index contributed by atoms with van der Waals surface area (Å²) >= 11 is 2.99. The molecule has 0 aromatic carbocycles. The molecule has 58 valence electrons. The van der Waals surface area contributed by atoms with Crippen LogP contribution >= 0.6 is 15.9 Å². The monoisotopic (exact) mass is 209 g/mol. The van der Waals surface area contributed by atoms with Gasteiger partial charge in [0.15, 0.2) is 0 Å². The van der Waals surface area contributed by atoms with Gasteiger partial charge >= 0.3 is 5.97 Å². The Bertz CT molecular complexity index is 148. The van der Waals surface area contributed by atoms with Crippen molar-refractivity contribution in [2.24, 2.45) is 0 Å². The third-order valence-electron chi connectivity index (χ3n) is 0.882. The number of alkyl halides is 1. The molecule has 0 amide bonds. The van der Waals surface area contributed by atoms with Crippen LogP contribution in [0.2, 0.25) is 0 Å². The molecular formula is C5H8BrNO3. The van der Waals surface area contributed by atoms with Crippen LogP contribution in [0, 0.1) is 5.41 Å². The zero-order chi connectivity index (χ0) is 8.15. The maximum Gasteiger partial charge on any atom is 0.349 e. The van der Waals surface area contributed by atoms with E-state index in [1.807, 2.05) is 0 Å². The number of aliphatic hydroxyl groups is 1. The Morgan fingerprint density at radius 3 is 2.50 bits per heavy atom. The average molecular weight is 210 g/mol. The minimum atomic E-state index is -1.24. The van der Waals surface area contributed by atoms with Crippen molar-refractivity contribution in [3.05, 3.63) is 0 Å². The second-order valence-corrected chi connectivity index (χ2v) is 3.06. The summed E-state index contributed by atoms with van der Waals surface area (Å²) in [5.41, 5.74) is -0.393. The Labute approximate surface area is 66.5 Å². The molecule has 0 saturated carbocycles. The van der Waals surface area contributed by atoms with Gasteiger partial charge in [-0.25, -0.2) is 4.79 Å². The van der Waals surface area contributed by atoms with Crippen LogP contribution in [0.25, 0.3) is 0 Å². The predicted molar refractivity (Wildman–Crippen MR) is 39.8 cm³/mol. The van der Waals surface area contributed by atoms with Gasteiger partial charge in [-0.15, -0.1) is 0 Å². The molecule has 5 heteroatoms. The molecule has 0 radical (unpaired) electrons. The van der Waals surface area contributed by atoms with E-state index in [0.717, 1.165) is 0 Å². The highest BCUT2D eigenvalue weighted by Crippen LogP contribution is 2.03. The van der Waals surface area contributed by atoms with Crippen LogP contribution in [0.3, 0.4) is 0 Å². The number of hydrogen-bond donors (Lipinski definition) is 3. The summed E-state index contributed by atoms with van der Waals surface area (Å²) in [6.45, 7) is -0.157. The first-order valence-corrected chi connectivity index (χ1v) is 3.55. The first-order valence-electron chi connectivity index (χ1n) is 2.63. The van der Waals surface area contributed by atoms with E-state index in [-0.39, 0.29) is 17.9 Å². The Hall–Kier alpha value is -0.420. The number of aliphatic hydroxyl groups excluding tert-OH is 1. The van der Waals surface area contributed by atoms with Crippen molar-refractivity contribution in [3.63, 3.8) is 0 Å². The number of aliphatic carboxylic acids is 1. The van der Waals surface area contributed by atoms with Crippen LogP contribution in [0.1, 0.15) is 6.42 Å². The minimum Gasteiger partial charge on any atom is -0.477 e. The molecule has 0 fully saturated rings. The predicted octanol–water partition coefficient (Wildman–Crippen LogP) is 0.237. The molecule has 0 aromatic rings. The van der Waals surface area contributed by atoms with Gasteiger partial charge in [-0.05, 0) is 0 Å². The SMILES string of the molecule is N=C(CC(Br)CO)C(=O)O. The van der Waals surface area contributed by atoms with Crippen LogP contribution < -0.4 is 0 Å². The van der Waals surface area contributed by atoms with Crippen molar-refractivity contribution in [2.75, 3.05) is 6.61 Å². The number of halogens is 1. The standard InChI is InChI=1S/C5H8BrNO3/c6-3(2-8)1-4(7)5(9)10/h3,7-8H,1-2H2,(H,9,10). The summed E-state index contributed by atoms with van der Waals surface area (Å²) in [6, 6.07) is 0. The molecule has 0 saturated heterocycles. The highest BCUT2D eigenvalue weighted by atomic mass is 79.9. The lowest BCUT2D eigenvalue weighted by molar-refractivity contribution is -0.129. The second kappa shape index (κ2) is 4.40. The van der Waals surface area contributed by atoms with E-state index in [0.29, 0.717) is 0 Å². The lowest BCUT2D eigenvalue weighted by Gasteiger charge is -2.02. The Kier molecular flexibility index (Phi) is 4.22. The van der Waals surface area contributed by atoms with E-state index in [4.69, 9.17) is 15.6 Å². The number of carboxylic acids is 1. The first-order chi connectivity index (χ1) is 4.57. The van der Waals surface area contributed by atoms with Crippen LogP contribution in [-0.4, -0.2) is 33.3 Å². The van der Waals surface area contributed by atoms with Crippen LogP contribution in [0.15, 0.2) is 0 Å². The molecule has 4 nitrogen and oxygen atoms in total. The van der Waals surface area contributed by atoms with Gasteiger partial charge in [0.1, 0.15) is 5.71 Å². The molecule has 10 heavy (non-hydrogen) atoms.